The Labute approximate surface area is 144 Å². The van der Waals surface area contributed by atoms with E-state index in [-0.39, 0.29) is 16.9 Å². The second-order valence-corrected chi connectivity index (χ2v) is 6.42. The van der Waals surface area contributed by atoms with Crippen LogP contribution in [0.2, 0.25) is 0 Å². The van der Waals surface area contributed by atoms with Crippen molar-refractivity contribution < 1.29 is 13.2 Å². The van der Waals surface area contributed by atoms with Crippen LogP contribution in [-0.4, -0.2) is 6.54 Å². The summed E-state index contributed by atoms with van der Waals surface area (Å²) in [6, 6.07) is 9.65. The zero-order valence-electron chi connectivity index (χ0n) is 13.7. The Hall–Kier alpha value is -2.25. The smallest absolute Gasteiger partial charge is 0.396 e. The van der Waals surface area contributed by atoms with Gasteiger partial charge in [0.2, 0.25) is 0 Å². The Morgan fingerprint density at radius 1 is 1.04 bits per heavy atom. The SMILES string of the molecule is NCc1ccc(-c2ccc(N(N)CC3CC3)c(N)c2C(F)(F)F)cc1. The molecule has 0 radical (unpaired) electrons. The number of hydrogen-bond acceptors (Lipinski definition) is 4. The first-order valence-electron chi connectivity index (χ1n) is 8.12. The van der Waals surface area contributed by atoms with Crippen molar-refractivity contribution in [3.05, 3.63) is 47.5 Å². The van der Waals surface area contributed by atoms with E-state index >= 15 is 0 Å². The number of nitrogens with two attached hydrogens (primary N) is 3. The molecule has 0 spiro atoms. The van der Waals surface area contributed by atoms with E-state index in [9.17, 15) is 13.2 Å². The first-order valence-corrected chi connectivity index (χ1v) is 8.12. The lowest BCUT2D eigenvalue weighted by atomic mass is 9.96. The van der Waals surface area contributed by atoms with Gasteiger partial charge < -0.3 is 16.5 Å². The van der Waals surface area contributed by atoms with Gasteiger partial charge in [-0.2, -0.15) is 13.2 Å². The maximum atomic E-state index is 13.7. The average Bonchev–Trinajstić information content (AvgIpc) is 3.37. The third kappa shape index (κ3) is 3.72. The molecule has 0 atom stereocenters. The first kappa shape index (κ1) is 17.6. The number of hydrogen-bond donors (Lipinski definition) is 3. The van der Waals surface area contributed by atoms with Crippen molar-refractivity contribution in [3.63, 3.8) is 0 Å². The lowest BCUT2D eigenvalue weighted by Gasteiger charge is -2.24. The van der Waals surface area contributed by atoms with Gasteiger partial charge in [-0.3, -0.25) is 0 Å². The van der Waals surface area contributed by atoms with Gasteiger partial charge in [0, 0.05) is 13.1 Å². The van der Waals surface area contributed by atoms with Crippen molar-refractivity contribution in [3.8, 4) is 11.1 Å². The number of alkyl halides is 3. The van der Waals surface area contributed by atoms with Gasteiger partial charge in [-0.1, -0.05) is 30.3 Å². The van der Waals surface area contributed by atoms with Gasteiger partial charge in [0.25, 0.3) is 0 Å². The normalized spacial score (nSPS) is 14.6. The molecule has 1 aliphatic carbocycles. The summed E-state index contributed by atoms with van der Waals surface area (Å²) in [5, 5.41) is 1.32. The van der Waals surface area contributed by atoms with Gasteiger partial charge in [-0.15, -0.1) is 0 Å². The van der Waals surface area contributed by atoms with Gasteiger partial charge >= 0.3 is 6.18 Å². The Bertz CT molecular complexity index is 752. The van der Waals surface area contributed by atoms with Gasteiger partial charge in [-0.05, 0) is 41.5 Å². The minimum absolute atomic E-state index is 0.0390. The Morgan fingerprint density at radius 3 is 2.20 bits per heavy atom. The molecule has 134 valence electrons. The molecule has 0 aromatic heterocycles. The molecular formula is C18H21F3N4. The van der Waals surface area contributed by atoms with Gasteiger partial charge in [0.15, 0.2) is 0 Å². The fourth-order valence-corrected chi connectivity index (χ4v) is 2.90. The van der Waals surface area contributed by atoms with Gasteiger partial charge in [-0.25, -0.2) is 5.84 Å². The number of nitrogens with zero attached hydrogens (tertiary/aromatic N) is 1. The Kier molecular flexibility index (Phi) is 4.62. The van der Waals surface area contributed by atoms with Crippen LogP contribution in [0.3, 0.4) is 0 Å². The zero-order valence-corrected chi connectivity index (χ0v) is 13.7. The van der Waals surface area contributed by atoms with Crippen LogP contribution in [0.4, 0.5) is 24.5 Å². The number of hydrazine groups is 1. The zero-order chi connectivity index (χ0) is 18.2. The van der Waals surface area contributed by atoms with Crippen molar-refractivity contribution in [2.45, 2.75) is 25.6 Å². The summed E-state index contributed by atoms with van der Waals surface area (Å²) in [6.07, 6.45) is -2.49. The molecule has 2 aromatic rings. The summed E-state index contributed by atoms with van der Waals surface area (Å²) in [4.78, 5) is 0. The highest BCUT2D eigenvalue weighted by Gasteiger charge is 2.38. The molecular weight excluding hydrogens is 329 g/mol. The Morgan fingerprint density at radius 2 is 1.68 bits per heavy atom. The maximum absolute atomic E-state index is 13.7. The monoisotopic (exact) mass is 350 g/mol. The predicted molar refractivity (Wildman–Crippen MR) is 93.4 cm³/mol. The molecule has 0 bridgehead atoms. The molecule has 1 aliphatic rings. The van der Waals surface area contributed by atoms with Crippen LogP contribution in [0.25, 0.3) is 11.1 Å². The lowest BCUT2D eigenvalue weighted by Crippen LogP contribution is -2.34. The van der Waals surface area contributed by atoms with Gasteiger partial charge in [0.1, 0.15) is 0 Å². The standard InChI is InChI=1S/C18H21F3N4/c19-18(20,21)16-14(13-5-3-11(9-22)4-6-13)7-8-15(17(16)23)25(24)10-12-1-2-12/h3-8,12H,1-2,9-10,22-24H2. The van der Waals surface area contributed by atoms with Gasteiger partial charge in [0.05, 0.1) is 16.9 Å². The molecule has 1 fully saturated rings. The molecule has 0 amide bonds. The summed E-state index contributed by atoms with van der Waals surface area (Å²) < 4.78 is 41.1. The van der Waals surface area contributed by atoms with E-state index in [0.717, 1.165) is 18.4 Å². The van der Waals surface area contributed by atoms with E-state index in [1.807, 2.05) is 0 Å². The number of halogens is 3. The van der Waals surface area contributed by atoms with Crippen LogP contribution in [0, 0.1) is 5.92 Å². The van der Waals surface area contributed by atoms with E-state index < -0.39 is 11.7 Å². The highest BCUT2D eigenvalue weighted by molar-refractivity contribution is 5.82. The number of nitrogen functional groups attached to an aromatic ring is 1. The summed E-state index contributed by atoms with van der Waals surface area (Å²) in [7, 11) is 0. The molecule has 0 heterocycles. The van der Waals surface area contributed by atoms with Crippen LogP contribution in [0.15, 0.2) is 36.4 Å². The van der Waals surface area contributed by atoms with Crippen molar-refractivity contribution in [2.24, 2.45) is 17.5 Å². The lowest BCUT2D eigenvalue weighted by molar-refractivity contribution is -0.136. The second kappa shape index (κ2) is 6.57. The third-order valence-electron chi connectivity index (χ3n) is 4.47. The minimum atomic E-state index is -4.58. The molecule has 0 saturated heterocycles. The summed E-state index contributed by atoms with van der Waals surface area (Å²) in [5.74, 6) is 6.38. The highest BCUT2D eigenvalue weighted by atomic mass is 19.4. The minimum Gasteiger partial charge on any atom is -0.396 e. The van der Waals surface area contributed by atoms with Crippen LogP contribution in [0.1, 0.15) is 24.0 Å². The number of benzene rings is 2. The fraction of sp³-hybridized carbons (Fsp3) is 0.333. The van der Waals surface area contributed by atoms with E-state index in [1.54, 1.807) is 30.3 Å². The quantitative estimate of drug-likeness (QED) is 0.438. The number of rotatable bonds is 5. The molecule has 1 saturated carbocycles. The first-order chi connectivity index (χ1) is 11.8. The van der Waals surface area contributed by atoms with E-state index in [4.69, 9.17) is 17.3 Å². The molecule has 7 heteroatoms. The second-order valence-electron chi connectivity index (χ2n) is 6.42. The average molecular weight is 350 g/mol. The van der Waals surface area contributed by atoms with E-state index in [2.05, 4.69) is 0 Å². The summed E-state index contributed by atoms with van der Waals surface area (Å²) in [5.41, 5.74) is 11.8. The van der Waals surface area contributed by atoms with Crippen molar-refractivity contribution in [1.82, 2.24) is 0 Å². The van der Waals surface area contributed by atoms with Crippen LogP contribution in [0.5, 0.6) is 0 Å². The molecule has 25 heavy (non-hydrogen) atoms. The molecule has 0 unspecified atom stereocenters. The summed E-state index contributed by atoms with van der Waals surface area (Å²) in [6.45, 7) is 0.836. The summed E-state index contributed by atoms with van der Waals surface area (Å²) >= 11 is 0. The van der Waals surface area contributed by atoms with Crippen LogP contribution < -0.4 is 22.3 Å². The fourth-order valence-electron chi connectivity index (χ4n) is 2.90. The van der Waals surface area contributed by atoms with Crippen molar-refractivity contribution in [2.75, 3.05) is 17.3 Å². The van der Waals surface area contributed by atoms with Crippen LogP contribution >= 0.6 is 0 Å². The van der Waals surface area contributed by atoms with E-state index in [1.165, 1.54) is 11.1 Å². The molecule has 4 nitrogen and oxygen atoms in total. The molecule has 3 rings (SSSR count). The van der Waals surface area contributed by atoms with E-state index in [0.29, 0.717) is 24.6 Å². The molecule has 2 aromatic carbocycles. The third-order valence-corrected chi connectivity index (χ3v) is 4.47. The highest BCUT2D eigenvalue weighted by Crippen LogP contribution is 2.44. The largest absolute Gasteiger partial charge is 0.419 e. The molecule has 0 aliphatic heterocycles. The van der Waals surface area contributed by atoms with Crippen molar-refractivity contribution >= 4 is 11.4 Å². The van der Waals surface area contributed by atoms with Crippen LogP contribution in [-0.2, 0) is 12.7 Å². The predicted octanol–water partition coefficient (Wildman–Crippen LogP) is 3.50. The molecule has 6 N–H and O–H groups in total. The maximum Gasteiger partial charge on any atom is 0.419 e. The Balaban J connectivity index is 2.06. The topological polar surface area (TPSA) is 81.3 Å². The van der Waals surface area contributed by atoms with Crippen molar-refractivity contribution in [1.29, 1.82) is 0 Å². The number of anilines is 2.